The van der Waals surface area contributed by atoms with Crippen molar-refractivity contribution in [1.29, 1.82) is 0 Å². The maximum absolute atomic E-state index is 4.84. The molecule has 0 bridgehead atoms. The summed E-state index contributed by atoms with van der Waals surface area (Å²) in [7, 11) is 0. The summed E-state index contributed by atoms with van der Waals surface area (Å²) in [5.74, 6) is 1.92. The molecule has 0 saturated carbocycles. The lowest BCUT2D eigenvalue weighted by molar-refractivity contribution is 0.445. The summed E-state index contributed by atoms with van der Waals surface area (Å²) in [6, 6.07) is 8.55. The first-order valence-electron chi connectivity index (χ1n) is 6.96. The molecule has 1 aromatic heterocycles. The van der Waals surface area contributed by atoms with Crippen molar-refractivity contribution in [3.8, 4) is 0 Å². The number of benzene rings is 1. The van der Waals surface area contributed by atoms with Gasteiger partial charge in [-0.1, -0.05) is 31.2 Å². The van der Waals surface area contributed by atoms with Crippen LogP contribution in [0.5, 0.6) is 0 Å². The van der Waals surface area contributed by atoms with E-state index in [-0.39, 0.29) is 0 Å². The predicted molar refractivity (Wildman–Crippen MR) is 84.8 cm³/mol. The molecule has 3 rings (SSSR count). The van der Waals surface area contributed by atoms with Gasteiger partial charge in [-0.25, -0.2) is 4.98 Å². The summed E-state index contributed by atoms with van der Waals surface area (Å²) in [5.41, 5.74) is 1.08. The van der Waals surface area contributed by atoms with Gasteiger partial charge in [0.15, 0.2) is 0 Å². The number of halogens is 1. The lowest BCUT2D eigenvalue weighted by Crippen LogP contribution is -2.35. The van der Waals surface area contributed by atoms with Crippen LogP contribution in [0.15, 0.2) is 28.7 Å². The van der Waals surface area contributed by atoms with Crippen LogP contribution in [0.4, 0.5) is 5.82 Å². The fourth-order valence-electron chi connectivity index (χ4n) is 2.96. The normalized spacial score (nSPS) is 19.9. The number of nitrogens with zero attached hydrogens (tertiary/aromatic N) is 2. The summed E-state index contributed by atoms with van der Waals surface area (Å²) in [4.78, 5) is 7.29. The molecule has 1 aromatic carbocycles. The Hall–Kier alpha value is -1.09. The predicted octanol–water partition coefficient (Wildman–Crippen LogP) is 4.54. The quantitative estimate of drug-likeness (QED) is 0.767. The number of anilines is 1. The molecule has 19 heavy (non-hydrogen) atoms. The summed E-state index contributed by atoms with van der Waals surface area (Å²) >= 11 is 3.67. The smallest absolute Gasteiger partial charge is 0.136 e. The maximum atomic E-state index is 4.84. The van der Waals surface area contributed by atoms with Gasteiger partial charge in [0.05, 0.1) is 5.69 Å². The van der Waals surface area contributed by atoms with Gasteiger partial charge in [0.25, 0.3) is 0 Å². The average Bonchev–Trinajstić information content (AvgIpc) is 2.43. The third-order valence-electron chi connectivity index (χ3n) is 3.95. The molecule has 100 valence electrons. The summed E-state index contributed by atoms with van der Waals surface area (Å²) in [6.45, 7) is 6.66. The van der Waals surface area contributed by atoms with E-state index in [1.165, 1.54) is 23.6 Å². The highest BCUT2D eigenvalue weighted by Crippen LogP contribution is 2.34. The van der Waals surface area contributed by atoms with Crippen molar-refractivity contribution in [3.05, 3.63) is 34.4 Å². The number of hydrogen-bond donors (Lipinski definition) is 0. The first kappa shape index (κ1) is 12.9. The Kier molecular flexibility index (Phi) is 3.48. The fourth-order valence-corrected chi connectivity index (χ4v) is 3.39. The van der Waals surface area contributed by atoms with E-state index in [2.05, 4.69) is 58.9 Å². The van der Waals surface area contributed by atoms with Crippen LogP contribution in [-0.2, 0) is 0 Å². The highest BCUT2D eigenvalue weighted by atomic mass is 79.9. The lowest BCUT2D eigenvalue weighted by atomic mass is 9.99. The molecule has 1 fully saturated rings. The van der Waals surface area contributed by atoms with Crippen LogP contribution in [0.3, 0.4) is 0 Å². The van der Waals surface area contributed by atoms with Gasteiger partial charge in [-0.15, -0.1) is 0 Å². The number of piperidine rings is 1. The van der Waals surface area contributed by atoms with Gasteiger partial charge in [-0.05, 0) is 41.6 Å². The van der Waals surface area contributed by atoms with Crippen LogP contribution in [0, 0.1) is 12.8 Å². The second-order valence-electron chi connectivity index (χ2n) is 5.57. The second-order valence-corrected chi connectivity index (χ2v) is 6.37. The Morgan fingerprint density at radius 1 is 1.26 bits per heavy atom. The van der Waals surface area contributed by atoms with Gasteiger partial charge in [-0.2, -0.15) is 0 Å². The molecule has 0 aliphatic carbocycles. The molecular formula is C16H19BrN2. The van der Waals surface area contributed by atoms with Gasteiger partial charge in [0.1, 0.15) is 5.82 Å². The molecule has 2 nitrogen and oxygen atoms in total. The second kappa shape index (κ2) is 5.12. The Morgan fingerprint density at radius 3 is 2.74 bits per heavy atom. The summed E-state index contributed by atoms with van der Waals surface area (Å²) in [5, 5.41) is 2.53. The molecule has 1 atom stereocenters. The lowest BCUT2D eigenvalue weighted by Gasteiger charge is -2.33. The molecule has 0 N–H and O–H groups in total. The monoisotopic (exact) mass is 318 g/mol. The molecule has 2 heterocycles. The van der Waals surface area contributed by atoms with Crippen LogP contribution < -0.4 is 4.90 Å². The Bertz CT molecular complexity index is 609. The topological polar surface area (TPSA) is 16.1 Å². The van der Waals surface area contributed by atoms with Crippen LogP contribution >= 0.6 is 15.9 Å². The van der Waals surface area contributed by atoms with Crippen molar-refractivity contribution >= 4 is 32.5 Å². The third-order valence-corrected chi connectivity index (χ3v) is 4.95. The van der Waals surface area contributed by atoms with E-state index in [1.54, 1.807) is 0 Å². The zero-order valence-corrected chi connectivity index (χ0v) is 13.1. The van der Waals surface area contributed by atoms with Gasteiger partial charge < -0.3 is 4.90 Å². The van der Waals surface area contributed by atoms with Gasteiger partial charge >= 0.3 is 0 Å². The maximum Gasteiger partial charge on any atom is 0.136 e. The molecule has 0 spiro atoms. The molecule has 1 aliphatic rings. The molecule has 3 heteroatoms. The van der Waals surface area contributed by atoms with Gasteiger partial charge in [0, 0.05) is 28.3 Å². The third kappa shape index (κ3) is 2.36. The van der Waals surface area contributed by atoms with E-state index in [4.69, 9.17) is 4.98 Å². The van der Waals surface area contributed by atoms with Crippen LogP contribution in [-0.4, -0.2) is 18.1 Å². The molecular weight excluding hydrogens is 300 g/mol. The number of fused-ring (bicyclic) bond motifs is 1. The first-order chi connectivity index (χ1) is 9.16. The Labute approximate surface area is 123 Å². The van der Waals surface area contributed by atoms with E-state index in [0.717, 1.165) is 35.0 Å². The SMILES string of the molecule is Cc1nc(N2CCCC(C)C2)c2ccccc2c1Br. The Balaban J connectivity index is 2.15. The zero-order valence-electron chi connectivity index (χ0n) is 11.5. The van der Waals surface area contributed by atoms with E-state index in [9.17, 15) is 0 Å². The van der Waals surface area contributed by atoms with Crippen LogP contribution in [0.2, 0.25) is 0 Å². The largest absolute Gasteiger partial charge is 0.356 e. The first-order valence-corrected chi connectivity index (χ1v) is 7.76. The summed E-state index contributed by atoms with van der Waals surface area (Å²) < 4.78 is 1.12. The minimum absolute atomic E-state index is 0.762. The van der Waals surface area contributed by atoms with Gasteiger partial charge in [0.2, 0.25) is 0 Å². The average molecular weight is 319 g/mol. The molecule has 1 saturated heterocycles. The van der Waals surface area contributed by atoms with Gasteiger partial charge in [-0.3, -0.25) is 0 Å². The van der Waals surface area contributed by atoms with Crippen molar-refractivity contribution in [1.82, 2.24) is 4.98 Å². The summed E-state index contributed by atoms with van der Waals surface area (Å²) in [6.07, 6.45) is 2.61. The minimum atomic E-state index is 0.762. The van der Waals surface area contributed by atoms with E-state index in [0.29, 0.717) is 0 Å². The number of rotatable bonds is 1. The minimum Gasteiger partial charge on any atom is -0.356 e. The van der Waals surface area contributed by atoms with Crippen LogP contribution in [0.1, 0.15) is 25.5 Å². The van der Waals surface area contributed by atoms with Crippen molar-refractivity contribution in [2.75, 3.05) is 18.0 Å². The standard InChI is InChI=1S/C16H19BrN2/c1-11-6-5-9-19(10-11)16-14-8-4-3-7-13(14)15(17)12(2)18-16/h3-4,7-8,11H,5-6,9-10H2,1-2H3. The highest BCUT2D eigenvalue weighted by Gasteiger charge is 2.20. The zero-order chi connectivity index (χ0) is 13.4. The van der Waals surface area contributed by atoms with E-state index >= 15 is 0 Å². The number of pyridine rings is 1. The highest BCUT2D eigenvalue weighted by molar-refractivity contribution is 9.10. The van der Waals surface area contributed by atoms with E-state index < -0.39 is 0 Å². The Morgan fingerprint density at radius 2 is 2.00 bits per heavy atom. The molecule has 1 unspecified atom stereocenters. The van der Waals surface area contributed by atoms with Crippen molar-refractivity contribution in [2.24, 2.45) is 5.92 Å². The molecule has 1 aliphatic heterocycles. The van der Waals surface area contributed by atoms with E-state index in [1.807, 2.05) is 0 Å². The molecule has 0 amide bonds. The molecule has 0 radical (unpaired) electrons. The van der Waals surface area contributed by atoms with Crippen molar-refractivity contribution in [3.63, 3.8) is 0 Å². The number of aromatic nitrogens is 1. The van der Waals surface area contributed by atoms with Crippen molar-refractivity contribution < 1.29 is 0 Å². The number of aryl methyl sites for hydroxylation is 1. The fraction of sp³-hybridized carbons (Fsp3) is 0.438. The van der Waals surface area contributed by atoms with Crippen molar-refractivity contribution in [2.45, 2.75) is 26.7 Å². The molecule has 2 aromatic rings. The van der Waals surface area contributed by atoms with Crippen LogP contribution in [0.25, 0.3) is 10.8 Å². The number of hydrogen-bond acceptors (Lipinski definition) is 2.